The number of carbonyl (C=O) groups excluding carboxylic acids is 1. The zero-order valence-corrected chi connectivity index (χ0v) is 19.9. The highest BCUT2D eigenvalue weighted by Crippen LogP contribution is 2.45. The number of carbonyl (C=O) groups is 1. The molecule has 35 heavy (non-hydrogen) atoms. The average molecular weight is 479 g/mol. The Morgan fingerprint density at radius 1 is 1.09 bits per heavy atom. The number of ether oxygens (including phenoxy) is 3. The molecule has 3 heterocycles. The molecule has 1 aliphatic carbocycles. The molecule has 1 saturated carbocycles. The zero-order chi connectivity index (χ0) is 24.0. The Kier molecular flexibility index (Phi) is 5.44. The Bertz CT molecular complexity index is 1250. The maximum Gasteiger partial charge on any atom is 0.253 e. The summed E-state index contributed by atoms with van der Waals surface area (Å²) in [4.78, 5) is 15.3. The summed E-state index contributed by atoms with van der Waals surface area (Å²) in [7, 11) is 1.57. The van der Waals surface area contributed by atoms with E-state index >= 15 is 0 Å². The molecule has 6 rings (SSSR count). The Morgan fingerprint density at radius 3 is 2.69 bits per heavy atom. The molecular formula is C28H34N2O5. The summed E-state index contributed by atoms with van der Waals surface area (Å²) < 4.78 is 20.3. The van der Waals surface area contributed by atoms with Crippen molar-refractivity contribution >= 4 is 5.91 Å². The quantitative estimate of drug-likeness (QED) is 0.584. The maximum atomic E-state index is 13.4. The van der Waals surface area contributed by atoms with E-state index in [0.29, 0.717) is 30.2 Å². The third kappa shape index (κ3) is 3.74. The molecule has 1 spiro atoms. The van der Waals surface area contributed by atoms with Gasteiger partial charge in [0.05, 0.1) is 24.6 Å². The predicted molar refractivity (Wildman–Crippen MR) is 135 cm³/mol. The lowest BCUT2D eigenvalue weighted by Gasteiger charge is -2.45. The van der Waals surface area contributed by atoms with Crippen LogP contribution in [0.1, 0.15) is 51.0 Å². The van der Waals surface area contributed by atoms with Crippen LogP contribution in [0.4, 0.5) is 0 Å². The summed E-state index contributed by atoms with van der Waals surface area (Å²) in [5.74, 6) is 1.91. The molecule has 1 aromatic heterocycles. The van der Waals surface area contributed by atoms with Crippen molar-refractivity contribution in [2.24, 2.45) is 0 Å². The van der Waals surface area contributed by atoms with Crippen molar-refractivity contribution in [1.82, 2.24) is 9.47 Å². The van der Waals surface area contributed by atoms with Gasteiger partial charge in [0.25, 0.3) is 5.91 Å². The number of hydrogen-bond acceptors (Lipinski definition) is 5. The van der Waals surface area contributed by atoms with E-state index in [-0.39, 0.29) is 14.9 Å². The molecule has 1 N–H and O–H groups in total. The number of rotatable bonds is 4. The zero-order valence-electron chi connectivity index (χ0n) is 19.9. The molecule has 2 aromatic carbocycles. The van der Waals surface area contributed by atoms with Gasteiger partial charge in [-0.15, -0.1) is 0 Å². The number of amides is 1. The molecule has 1 saturated heterocycles. The molecule has 7 heteroatoms. The summed E-state index contributed by atoms with van der Waals surface area (Å²) in [5, 5.41) is 10.1. The van der Waals surface area contributed by atoms with Crippen molar-refractivity contribution < 1.29 is 27.0 Å². The number of methoxy groups -OCH3 is 1. The van der Waals surface area contributed by atoms with E-state index in [2.05, 4.69) is 29.0 Å². The summed E-state index contributed by atoms with van der Waals surface area (Å²) in [6, 6.07) is 17.6. The molecule has 3 aromatic rings. The number of benzene rings is 2. The minimum atomic E-state index is -0.461. The smallest absolute Gasteiger partial charge is 0.253 e. The average Bonchev–Trinajstić information content (AvgIpc) is 3.55. The Morgan fingerprint density at radius 2 is 1.91 bits per heavy atom. The largest absolute Gasteiger partial charge is 0.493 e. The first kappa shape index (κ1) is 22.0. The summed E-state index contributed by atoms with van der Waals surface area (Å²) in [6.07, 6.45) is 5.33. The molecule has 0 bridgehead atoms. The number of fused-ring (bicyclic) bond motifs is 4. The van der Waals surface area contributed by atoms with Crippen LogP contribution < -0.4 is 14.2 Å². The van der Waals surface area contributed by atoms with E-state index in [1.807, 2.05) is 23.1 Å². The summed E-state index contributed by atoms with van der Waals surface area (Å²) in [5.41, 5.74) is 2.32. The van der Waals surface area contributed by atoms with Gasteiger partial charge in [-0.1, -0.05) is 12.1 Å². The van der Waals surface area contributed by atoms with Crippen molar-refractivity contribution in [3.05, 3.63) is 72.1 Å². The number of aliphatic hydroxyl groups excluding tert-OH is 1. The normalized spacial score (nSPS) is 22.3. The third-order valence-corrected chi connectivity index (χ3v) is 7.61. The van der Waals surface area contributed by atoms with E-state index in [0.717, 1.165) is 49.2 Å². The molecular weight excluding hydrogens is 444 g/mol. The summed E-state index contributed by atoms with van der Waals surface area (Å²) in [6.45, 7) is 1.20. The minimum Gasteiger partial charge on any atom is -0.493 e. The molecule has 0 radical (unpaired) electrons. The van der Waals surface area contributed by atoms with Gasteiger partial charge >= 0.3 is 0 Å². The van der Waals surface area contributed by atoms with Crippen molar-refractivity contribution in [2.45, 2.75) is 49.9 Å². The number of aromatic nitrogens is 1. The highest BCUT2D eigenvalue weighted by atomic mass is 16.5. The fraction of sp³-hybridized carbons (Fsp3) is 0.393. The first-order valence-corrected chi connectivity index (χ1v) is 12.4. The summed E-state index contributed by atoms with van der Waals surface area (Å²) >= 11 is 0. The number of para-hydroxylation sites is 2. The maximum absolute atomic E-state index is 13.4. The number of likely N-dealkylation sites (tertiary alicyclic amines) is 1. The van der Waals surface area contributed by atoms with Crippen LogP contribution in [0.25, 0.3) is 5.69 Å². The van der Waals surface area contributed by atoms with Crippen molar-refractivity contribution in [3.8, 4) is 22.9 Å². The van der Waals surface area contributed by atoms with E-state index in [1.165, 1.54) is 0 Å². The van der Waals surface area contributed by atoms with Gasteiger partial charge in [0.1, 0.15) is 11.9 Å². The molecule has 2 fully saturated rings. The Hall–Kier alpha value is -3.45. The first-order chi connectivity index (χ1) is 17.1. The SMILES string of the molecule is COc1cc(C(=O)N2CCC3(CC2)Oc2ccccc2-n2cccc23)ccc1O[C@@H]1CCC[C@H]1O.[HH].[HH]. The first-order valence-electron chi connectivity index (χ1n) is 12.4. The lowest BCUT2D eigenvalue weighted by Crippen LogP contribution is -2.50. The highest BCUT2D eigenvalue weighted by molar-refractivity contribution is 5.95. The second-order valence-electron chi connectivity index (χ2n) is 9.64. The van der Waals surface area contributed by atoms with E-state index < -0.39 is 11.7 Å². The van der Waals surface area contributed by atoms with Crippen molar-refractivity contribution in [2.75, 3.05) is 20.2 Å². The Labute approximate surface area is 207 Å². The topological polar surface area (TPSA) is 73.2 Å². The van der Waals surface area contributed by atoms with Crippen LogP contribution in [0, 0.1) is 0 Å². The molecule has 0 unspecified atom stereocenters. The van der Waals surface area contributed by atoms with E-state index in [1.54, 1.807) is 25.3 Å². The van der Waals surface area contributed by atoms with Crippen molar-refractivity contribution in [1.29, 1.82) is 0 Å². The van der Waals surface area contributed by atoms with Gasteiger partial charge in [0.2, 0.25) is 0 Å². The molecule has 2 aliphatic heterocycles. The van der Waals surface area contributed by atoms with Crippen molar-refractivity contribution in [3.63, 3.8) is 0 Å². The van der Waals surface area contributed by atoms with Gasteiger partial charge in [0.15, 0.2) is 17.1 Å². The van der Waals surface area contributed by atoms with Crippen LogP contribution in [-0.2, 0) is 5.60 Å². The predicted octanol–water partition coefficient (Wildman–Crippen LogP) is 4.79. The fourth-order valence-corrected chi connectivity index (χ4v) is 5.68. The monoisotopic (exact) mass is 478 g/mol. The van der Waals surface area contributed by atoms with Gasteiger partial charge in [-0.3, -0.25) is 4.79 Å². The van der Waals surface area contributed by atoms with E-state index in [9.17, 15) is 9.90 Å². The molecule has 3 aliphatic rings. The molecule has 1 amide bonds. The van der Waals surface area contributed by atoms with Crippen LogP contribution in [0.5, 0.6) is 17.2 Å². The van der Waals surface area contributed by atoms with Gasteiger partial charge in [-0.25, -0.2) is 0 Å². The van der Waals surface area contributed by atoms with Gasteiger partial charge in [-0.05, 0) is 61.7 Å². The molecule has 2 atom stereocenters. The Balaban J connectivity index is 0.00000160. The van der Waals surface area contributed by atoms with Crippen LogP contribution in [0.2, 0.25) is 0 Å². The van der Waals surface area contributed by atoms with Crippen LogP contribution in [-0.4, -0.2) is 52.9 Å². The number of hydrogen-bond donors (Lipinski definition) is 1. The standard InChI is InChI=1S/C28H30N2O5.2H2/c1-33-25-18-19(11-12-24(25)34-23-9-4-7-21(23)31)27(32)29-16-13-28(14-17-29)26-10-5-15-30(26)20-6-2-3-8-22(20)35-28;;/h2-3,5-6,8,10-12,15,18,21,23,31H,4,7,9,13-14,16-17H2,1H3;2*1H/t21-,23-;;/m1../s1. The minimum absolute atomic E-state index is 0. The second kappa shape index (κ2) is 8.64. The van der Waals surface area contributed by atoms with Crippen LogP contribution in [0.15, 0.2) is 60.8 Å². The molecule has 186 valence electrons. The number of aliphatic hydroxyl groups is 1. The van der Waals surface area contributed by atoms with Gasteiger partial charge in [-0.2, -0.15) is 0 Å². The van der Waals surface area contributed by atoms with Crippen LogP contribution in [0.3, 0.4) is 0 Å². The number of piperidine rings is 1. The third-order valence-electron chi connectivity index (χ3n) is 7.61. The van der Waals surface area contributed by atoms with Gasteiger partial charge < -0.3 is 28.8 Å². The fourth-order valence-electron chi connectivity index (χ4n) is 5.68. The second-order valence-corrected chi connectivity index (χ2v) is 9.64. The van der Waals surface area contributed by atoms with Crippen LogP contribution >= 0.6 is 0 Å². The molecule has 7 nitrogen and oxygen atoms in total. The lowest BCUT2D eigenvalue weighted by molar-refractivity contribution is -0.00932. The van der Waals surface area contributed by atoms with E-state index in [4.69, 9.17) is 14.2 Å². The lowest BCUT2D eigenvalue weighted by atomic mass is 9.86. The number of nitrogens with zero attached hydrogens (tertiary/aromatic N) is 2. The highest BCUT2D eigenvalue weighted by Gasteiger charge is 2.44. The van der Waals surface area contributed by atoms with Gasteiger partial charge in [0, 0.05) is 40.5 Å².